The Bertz CT molecular complexity index is 460. The summed E-state index contributed by atoms with van der Waals surface area (Å²) < 4.78 is 6.92. The molecule has 0 aliphatic heterocycles. The van der Waals surface area contributed by atoms with Gasteiger partial charge in [-0.1, -0.05) is 20.8 Å². The van der Waals surface area contributed by atoms with Crippen molar-refractivity contribution in [2.75, 3.05) is 27.7 Å². The van der Waals surface area contributed by atoms with Crippen molar-refractivity contribution < 1.29 is 9.53 Å². The standard InChI is InChI=1S/C14H26N4O2/c1-14(2,3)13(15)12(19)11-10(20-6)9-16-18(11)8-7-17(4)5/h9,13H,7-8,15H2,1-6H3. The van der Waals surface area contributed by atoms with Crippen LogP contribution in [0.25, 0.3) is 0 Å². The van der Waals surface area contributed by atoms with Crippen LogP contribution in [0.4, 0.5) is 0 Å². The van der Waals surface area contributed by atoms with E-state index in [1.165, 1.54) is 7.11 Å². The van der Waals surface area contributed by atoms with Crippen LogP contribution in [0, 0.1) is 5.41 Å². The highest BCUT2D eigenvalue weighted by Gasteiger charge is 2.32. The van der Waals surface area contributed by atoms with Gasteiger partial charge in [0.1, 0.15) is 5.69 Å². The minimum absolute atomic E-state index is 0.134. The summed E-state index contributed by atoms with van der Waals surface area (Å²) >= 11 is 0. The fraction of sp³-hybridized carbons (Fsp3) is 0.714. The van der Waals surface area contributed by atoms with E-state index in [1.54, 1.807) is 10.9 Å². The van der Waals surface area contributed by atoms with Gasteiger partial charge in [-0.05, 0) is 19.5 Å². The molecule has 0 fully saturated rings. The second kappa shape index (κ2) is 6.37. The van der Waals surface area contributed by atoms with Gasteiger partial charge in [-0.2, -0.15) is 5.10 Å². The van der Waals surface area contributed by atoms with E-state index in [2.05, 4.69) is 5.10 Å². The summed E-state index contributed by atoms with van der Waals surface area (Å²) in [4.78, 5) is 14.7. The van der Waals surface area contributed by atoms with E-state index >= 15 is 0 Å². The van der Waals surface area contributed by atoms with Crippen LogP contribution in [-0.2, 0) is 6.54 Å². The molecule has 0 aliphatic carbocycles. The Morgan fingerprint density at radius 1 is 1.50 bits per heavy atom. The largest absolute Gasteiger partial charge is 0.493 e. The fourth-order valence-electron chi connectivity index (χ4n) is 1.77. The van der Waals surface area contributed by atoms with Crippen LogP contribution < -0.4 is 10.5 Å². The molecule has 1 atom stereocenters. The van der Waals surface area contributed by atoms with Gasteiger partial charge < -0.3 is 15.4 Å². The van der Waals surface area contributed by atoms with Crippen molar-refractivity contribution in [1.82, 2.24) is 14.7 Å². The highest BCUT2D eigenvalue weighted by atomic mass is 16.5. The Kier molecular flexibility index (Phi) is 5.30. The number of likely N-dealkylation sites (N-methyl/N-ethyl adjacent to an activating group) is 1. The number of ketones is 1. The van der Waals surface area contributed by atoms with Crippen molar-refractivity contribution in [2.24, 2.45) is 11.1 Å². The fourth-order valence-corrected chi connectivity index (χ4v) is 1.77. The summed E-state index contributed by atoms with van der Waals surface area (Å²) in [5, 5.41) is 4.23. The van der Waals surface area contributed by atoms with Crippen LogP contribution in [0.5, 0.6) is 5.75 Å². The predicted molar refractivity (Wildman–Crippen MR) is 79.1 cm³/mol. The molecule has 2 N–H and O–H groups in total. The van der Waals surface area contributed by atoms with E-state index < -0.39 is 6.04 Å². The van der Waals surface area contributed by atoms with Crippen molar-refractivity contribution in [3.63, 3.8) is 0 Å². The molecule has 6 heteroatoms. The third-order valence-electron chi connectivity index (χ3n) is 3.23. The molecule has 1 heterocycles. The first-order valence-electron chi connectivity index (χ1n) is 6.72. The van der Waals surface area contributed by atoms with Gasteiger partial charge in [0.25, 0.3) is 0 Å². The Hall–Kier alpha value is -1.40. The van der Waals surface area contributed by atoms with E-state index in [0.29, 0.717) is 18.0 Å². The number of carbonyl (C=O) groups excluding carboxylic acids is 1. The molecule has 0 aromatic carbocycles. The van der Waals surface area contributed by atoms with Crippen molar-refractivity contribution in [1.29, 1.82) is 0 Å². The van der Waals surface area contributed by atoms with E-state index in [0.717, 1.165) is 6.54 Å². The van der Waals surface area contributed by atoms with Gasteiger partial charge in [0.2, 0.25) is 5.78 Å². The molecule has 0 aliphatic rings. The van der Waals surface area contributed by atoms with Gasteiger partial charge in [0.05, 0.1) is 25.9 Å². The lowest BCUT2D eigenvalue weighted by atomic mass is 9.84. The lowest BCUT2D eigenvalue weighted by molar-refractivity contribution is 0.0886. The number of Topliss-reactive ketones (excluding diaryl/α,β-unsaturated/α-hetero) is 1. The molecule has 0 spiro atoms. The molecule has 1 aromatic rings. The lowest BCUT2D eigenvalue weighted by Gasteiger charge is -2.26. The lowest BCUT2D eigenvalue weighted by Crippen LogP contribution is -2.43. The molecular weight excluding hydrogens is 256 g/mol. The molecule has 0 bridgehead atoms. The normalized spacial score (nSPS) is 13.6. The number of methoxy groups -OCH3 is 1. The molecule has 0 amide bonds. The summed E-state index contributed by atoms with van der Waals surface area (Å²) in [5.41, 5.74) is 6.23. The van der Waals surface area contributed by atoms with Crippen LogP contribution in [0.15, 0.2) is 6.20 Å². The van der Waals surface area contributed by atoms with Crippen molar-refractivity contribution in [3.8, 4) is 5.75 Å². The number of aromatic nitrogens is 2. The zero-order chi connectivity index (χ0) is 15.5. The number of hydrogen-bond donors (Lipinski definition) is 1. The highest BCUT2D eigenvalue weighted by molar-refractivity contribution is 6.01. The molecule has 1 unspecified atom stereocenters. The van der Waals surface area contributed by atoms with Crippen LogP contribution in [-0.4, -0.2) is 54.3 Å². The van der Waals surface area contributed by atoms with Crippen LogP contribution in [0.3, 0.4) is 0 Å². The van der Waals surface area contributed by atoms with Gasteiger partial charge in [-0.15, -0.1) is 0 Å². The zero-order valence-electron chi connectivity index (χ0n) is 13.3. The number of hydrogen-bond acceptors (Lipinski definition) is 5. The third-order valence-corrected chi connectivity index (χ3v) is 3.23. The number of nitrogens with two attached hydrogens (primary N) is 1. The van der Waals surface area contributed by atoms with Gasteiger partial charge in [-0.3, -0.25) is 9.48 Å². The molecule has 0 radical (unpaired) electrons. The summed E-state index contributed by atoms with van der Waals surface area (Å²) in [5.74, 6) is 0.346. The summed E-state index contributed by atoms with van der Waals surface area (Å²) in [6, 6.07) is -0.591. The maximum Gasteiger partial charge on any atom is 0.201 e. The van der Waals surface area contributed by atoms with E-state index in [4.69, 9.17) is 10.5 Å². The maximum atomic E-state index is 12.6. The molecule has 6 nitrogen and oxygen atoms in total. The molecular formula is C14H26N4O2. The molecule has 114 valence electrons. The van der Waals surface area contributed by atoms with E-state index in [9.17, 15) is 4.79 Å². The smallest absolute Gasteiger partial charge is 0.201 e. The van der Waals surface area contributed by atoms with Gasteiger partial charge in [0, 0.05) is 6.54 Å². The first-order valence-corrected chi connectivity index (χ1v) is 6.72. The quantitative estimate of drug-likeness (QED) is 0.788. The second-order valence-corrected chi connectivity index (χ2v) is 6.30. The van der Waals surface area contributed by atoms with Gasteiger partial charge in [0.15, 0.2) is 5.75 Å². The summed E-state index contributed by atoms with van der Waals surface area (Å²) in [6.45, 7) is 7.25. The van der Waals surface area contributed by atoms with Crippen molar-refractivity contribution in [3.05, 3.63) is 11.9 Å². The molecule has 20 heavy (non-hydrogen) atoms. The Balaban J connectivity index is 3.08. The average Bonchev–Trinajstić information content (AvgIpc) is 2.76. The van der Waals surface area contributed by atoms with Crippen LogP contribution in [0.2, 0.25) is 0 Å². The number of rotatable bonds is 6. The minimum Gasteiger partial charge on any atom is -0.493 e. The molecule has 0 saturated carbocycles. The van der Waals surface area contributed by atoms with Gasteiger partial charge >= 0.3 is 0 Å². The molecule has 1 aromatic heterocycles. The highest BCUT2D eigenvalue weighted by Crippen LogP contribution is 2.25. The topological polar surface area (TPSA) is 73.4 Å². The number of carbonyl (C=O) groups is 1. The predicted octanol–water partition coefficient (Wildman–Crippen LogP) is 1.01. The SMILES string of the molecule is COc1cnn(CCN(C)C)c1C(=O)C(N)C(C)(C)C. The average molecular weight is 282 g/mol. The number of nitrogens with zero attached hydrogens (tertiary/aromatic N) is 3. The van der Waals surface area contributed by atoms with E-state index in [-0.39, 0.29) is 11.2 Å². The van der Waals surface area contributed by atoms with E-state index in [1.807, 2.05) is 39.8 Å². The minimum atomic E-state index is -0.591. The van der Waals surface area contributed by atoms with Crippen molar-refractivity contribution in [2.45, 2.75) is 33.4 Å². The monoisotopic (exact) mass is 282 g/mol. The Morgan fingerprint density at radius 3 is 2.55 bits per heavy atom. The van der Waals surface area contributed by atoms with Crippen LogP contribution >= 0.6 is 0 Å². The summed E-state index contributed by atoms with van der Waals surface area (Å²) in [6.07, 6.45) is 1.57. The van der Waals surface area contributed by atoms with Crippen molar-refractivity contribution >= 4 is 5.78 Å². The van der Waals surface area contributed by atoms with Crippen LogP contribution in [0.1, 0.15) is 31.3 Å². The molecule has 0 saturated heterocycles. The Labute approximate surface area is 120 Å². The number of ether oxygens (including phenoxy) is 1. The first kappa shape index (κ1) is 16.7. The van der Waals surface area contributed by atoms with Gasteiger partial charge in [-0.25, -0.2) is 0 Å². The second-order valence-electron chi connectivity index (χ2n) is 6.30. The third kappa shape index (κ3) is 3.80. The molecule has 1 rings (SSSR count). The summed E-state index contributed by atoms with van der Waals surface area (Å²) in [7, 11) is 5.49. The Morgan fingerprint density at radius 2 is 2.10 bits per heavy atom. The maximum absolute atomic E-state index is 12.6. The first-order chi connectivity index (χ1) is 9.18. The zero-order valence-corrected chi connectivity index (χ0v) is 13.3.